The number of hydrogen-bond donors (Lipinski definition) is 3. The maximum Gasteiger partial charge on any atom is 0.0716 e. The lowest BCUT2D eigenvalue weighted by Crippen LogP contribution is -2.55. The van der Waals surface area contributed by atoms with E-state index < -0.39 is 5.60 Å². The van der Waals surface area contributed by atoms with Crippen LogP contribution < -0.4 is 5.32 Å². The van der Waals surface area contributed by atoms with Crippen molar-refractivity contribution in [2.24, 2.45) is 28.6 Å². The highest BCUT2D eigenvalue weighted by Crippen LogP contribution is 2.67. The van der Waals surface area contributed by atoms with E-state index in [1.807, 2.05) is 7.05 Å². The lowest BCUT2D eigenvalue weighted by atomic mass is 9.47. The van der Waals surface area contributed by atoms with Crippen molar-refractivity contribution in [1.29, 1.82) is 0 Å². The van der Waals surface area contributed by atoms with Gasteiger partial charge in [0.2, 0.25) is 0 Å². The summed E-state index contributed by atoms with van der Waals surface area (Å²) < 4.78 is 0. The van der Waals surface area contributed by atoms with Crippen molar-refractivity contribution >= 4 is 0 Å². The monoisotopic (exact) mass is 347 g/mol. The predicted octanol–water partition coefficient (Wildman–Crippen LogP) is 3.65. The quantitative estimate of drug-likeness (QED) is 0.683. The molecule has 0 unspecified atom stereocenters. The molecule has 4 aliphatic rings. The van der Waals surface area contributed by atoms with Gasteiger partial charge in [-0.2, -0.15) is 0 Å². The van der Waals surface area contributed by atoms with Gasteiger partial charge in [-0.05, 0) is 100.0 Å². The summed E-state index contributed by atoms with van der Waals surface area (Å²) >= 11 is 0. The van der Waals surface area contributed by atoms with Gasteiger partial charge >= 0.3 is 0 Å². The fraction of sp³-hybridized carbons (Fsp3) is 0.909. The van der Waals surface area contributed by atoms with Crippen molar-refractivity contribution < 1.29 is 10.2 Å². The third-order valence-corrected chi connectivity index (χ3v) is 9.19. The van der Waals surface area contributed by atoms with Gasteiger partial charge in [-0.1, -0.05) is 25.5 Å². The summed E-state index contributed by atoms with van der Waals surface area (Å²) in [5.41, 5.74) is 1.44. The topological polar surface area (TPSA) is 52.5 Å². The highest BCUT2D eigenvalue weighted by molar-refractivity contribution is 5.26. The molecular weight excluding hydrogens is 310 g/mol. The number of hydrogen-bond acceptors (Lipinski definition) is 3. The van der Waals surface area contributed by atoms with Crippen LogP contribution in [0.1, 0.15) is 71.6 Å². The van der Waals surface area contributed by atoms with Gasteiger partial charge in [0.25, 0.3) is 0 Å². The van der Waals surface area contributed by atoms with Crippen molar-refractivity contribution in [2.45, 2.75) is 83.3 Å². The molecule has 3 N–H and O–H groups in total. The number of rotatable bonds is 3. The Balaban J connectivity index is 1.62. The SMILES string of the molecule is CNCC[C@]1(O)CC[C@H]2[C@@H]3CC=C4C[C@@H](O)CC[C@]4(C)[C@H]3CC[C@@]21C. The second kappa shape index (κ2) is 6.07. The smallest absolute Gasteiger partial charge is 0.0716 e. The Kier molecular flexibility index (Phi) is 4.37. The molecule has 0 aromatic rings. The maximum atomic E-state index is 11.5. The van der Waals surface area contributed by atoms with Gasteiger partial charge in [0.1, 0.15) is 0 Å². The molecule has 4 rings (SSSR count). The molecule has 0 heterocycles. The summed E-state index contributed by atoms with van der Waals surface area (Å²) in [6, 6.07) is 0. The first-order chi connectivity index (χ1) is 11.8. The van der Waals surface area contributed by atoms with Crippen molar-refractivity contribution in [1.82, 2.24) is 5.32 Å². The van der Waals surface area contributed by atoms with Crippen molar-refractivity contribution in [2.75, 3.05) is 13.6 Å². The Morgan fingerprint density at radius 1 is 1.12 bits per heavy atom. The van der Waals surface area contributed by atoms with E-state index in [-0.39, 0.29) is 11.5 Å². The molecule has 0 aliphatic heterocycles. The summed E-state index contributed by atoms with van der Waals surface area (Å²) in [4.78, 5) is 0. The van der Waals surface area contributed by atoms with Gasteiger partial charge in [0, 0.05) is 0 Å². The van der Waals surface area contributed by atoms with Gasteiger partial charge in [-0.25, -0.2) is 0 Å². The maximum absolute atomic E-state index is 11.5. The summed E-state index contributed by atoms with van der Waals surface area (Å²) in [6.45, 7) is 5.78. The van der Waals surface area contributed by atoms with E-state index in [9.17, 15) is 10.2 Å². The Hall–Kier alpha value is -0.380. The molecule has 0 spiro atoms. The standard InChI is InChI=1S/C22H37NO2/c1-20-9-6-16(24)14-15(20)4-5-17-18(20)7-10-21(2)19(17)8-11-22(21,25)12-13-23-3/h4,16-19,23-25H,5-14H2,1-3H3/t16-,17+,18-,19-,20-,21-,22+/m0/s1. The van der Waals surface area contributed by atoms with E-state index in [1.165, 1.54) is 25.7 Å². The molecule has 3 heteroatoms. The number of fused-ring (bicyclic) bond motifs is 5. The molecule has 0 aromatic heterocycles. The molecular formula is C22H37NO2. The zero-order chi connectivity index (χ0) is 17.9. The third-order valence-electron chi connectivity index (χ3n) is 9.19. The van der Waals surface area contributed by atoms with Crippen LogP contribution in [-0.2, 0) is 0 Å². The average molecular weight is 348 g/mol. The van der Waals surface area contributed by atoms with Crippen LogP contribution >= 0.6 is 0 Å². The second-order valence-corrected chi connectivity index (χ2v) is 10.0. The molecule has 25 heavy (non-hydrogen) atoms. The second-order valence-electron chi connectivity index (χ2n) is 10.0. The minimum Gasteiger partial charge on any atom is -0.393 e. The van der Waals surface area contributed by atoms with Crippen molar-refractivity contribution in [3.8, 4) is 0 Å². The summed E-state index contributed by atoms with van der Waals surface area (Å²) in [6.07, 6.45) is 12.0. The average Bonchev–Trinajstić information content (AvgIpc) is 2.85. The van der Waals surface area contributed by atoms with Gasteiger partial charge in [-0.15, -0.1) is 0 Å². The predicted molar refractivity (Wildman–Crippen MR) is 101 cm³/mol. The van der Waals surface area contributed by atoms with E-state index in [1.54, 1.807) is 5.57 Å². The lowest BCUT2D eigenvalue weighted by molar-refractivity contribution is -0.127. The first-order valence-electron chi connectivity index (χ1n) is 10.6. The number of aliphatic hydroxyl groups excluding tert-OH is 1. The van der Waals surface area contributed by atoms with E-state index in [0.29, 0.717) is 11.3 Å². The van der Waals surface area contributed by atoms with Gasteiger partial charge in [0.05, 0.1) is 11.7 Å². The Bertz CT molecular complexity index is 560. The lowest BCUT2D eigenvalue weighted by Gasteiger charge is -2.59. The van der Waals surface area contributed by atoms with Crippen LogP contribution in [0.25, 0.3) is 0 Å². The van der Waals surface area contributed by atoms with E-state index in [2.05, 4.69) is 25.2 Å². The van der Waals surface area contributed by atoms with Gasteiger partial charge in [-0.3, -0.25) is 0 Å². The highest BCUT2D eigenvalue weighted by Gasteiger charge is 2.63. The summed E-state index contributed by atoms with van der Waals surface area (Å²) in [7, 11) is 1.99. The van der Waals surface area contributed by atoms with E-state index >= 15 is 0 Å². The Labute approximate surface area is 153 Å². The first kappa shape index (κ1) is 18.0. The zero-order valence-electron chi connectivity index (χ0n) is 16.4. The van der Waals surface area contributed by atoms with Crippen LogP contribution in [0, 0.1) is 28.6 Å². The molecule has 7 atom stereocenters. The fourth-order valence-corrected chi connectivity index (χ4v) is 7.49. The molecule has 0 bridgehead atoms. The van der Waals surface area contributed by atoms with Gasteiger partial charge in [0.15, 0.2) is 0 Å². The van der Waals surface area contributed by atoms with Gasteiger partial charge < -0.3 is 15.5 Å². The molecule has 3 saturated carbocycles. The Morgan fingerprint density at radius 2 is 1.88 bits per heavy atom. The van der Waals surface area contributed by atoms with Crippen LogP contribution in [0.15, 0.2) is 11.6 Å². The van der Waals surface area contributed by atoms with Crippen LogP contribution in [0.4, 0.5) is 0 Å². The molecule has 4 aliphatic carbocycles. The van der Waals surface area contributed by atoms with Crippen LogP contribution in [0.5, 0.6) is 0 Å². The van der Waals surface area contributed by atoms with Crippen molar-refractivity contribution in [3.63, 3.8) is 0 Å². The molecule has 0 amide bonds. The Morgan fingerprint density at radius 3 is 2.64 bits per heavy atom. The zero-order valence-corrected chi connectivity index (χ0v) is 16.4. The first-order valence-corrected chi connectivity index (χ1v) is 10.6. The number of nitrogens with one attached hydrogen (secondary N) is 1. The van der Waals surface area contributed by atoms with Crippen LogP contribution in [0.2, 0.25) is 0 Å². The summed E-state index contributed by atoms with van der Waals surface area (Å²) in [5.74, 6) is 2.14. The summed E-state index contributed by atoms with van der Waals surface area (Å²) in [5, 5.41) is 24.9. The van der Waals surface area contributed by atoms with E-state index in [0.717, 1.165) is 50.5 Å². The van der Waals surface area contributed by atoms with Crippen molar-refractivity contribution in [3.05, 3.63) is 11.6 Å². The molecule has 0 saturated heterocycles. The minimum absolute atomic E-state index is 0.0842. The fourth-order valence-electron chi connectivity index (χ4n) is 7.49. The van der Waals surface area contributed by atoms with Crippen LogP contribution in [-0.4, -0.2) is 35.5 Å². The number of aliphatic hydroxyl groups is 2. The van der Waals surface area contributed by atoms with Crippen LogP contribution in [0.3, 0.4) is 0 Å². The molecule has 0 aromatic carbocycles. The normalized spacial score (nSPS) is 52.1. The molecule has 3 nitrogen and oxygen atoms in total. The molecule has 0 radical (unpaired) electrons. The van der Waals surface area contributed by atoms with E-state index in [4.69, 9.17) is 0 Å². The third kappa shape index (κ3) is 2.49. The number of allylic oxidation sites excluding steroid dienone is 1. The minimum atomic E-state index is -0.487. The largest absolute Gasteiger partial charge is 0.393 e. The molecule has 142 valence electrons. The molecule has 3 fully saturated rings. The highest BCUT2D eigenvalue weighted by atomic mass is 16.3.